The summed E-state index contributed by atoms with van der Waals surface area (Å²) >= 11 is 0. The van der Waals surface area contributed by atoms with Gasteiger partial charge >= 0.3 is 0 Å². The molecular weight excluding hydrogens is 298 g/mol. The van der Waals surface area contributed by atoms with Crippen LogP contribution < -0.4 is 0 Å². The standard InChI is InChI=1S/C21H31NO2/c1-4-21(23)12-11-19(2)14(13-21)5-6-15-16-7-8-18(22-24)20(16,3)10-9-17(15)19/h1,14-17,23-24H,5-13H2,2-3H3/t14-,15-,16-,17-,19-,20-,21?/m0/s1. The highest BCUT2D eigenvalue weighted by Crippen LogP contribution is 2.66. The van der Waals surface area contributed by atoms with Crippen molar-refractivity contribution in [2.75, 3.05) is 0 Å². The number of fused-ring (bicyclic) bond motifs is 5. The van der Waals surface area contributed by atoms with E-state index in [0.29, 0.717) is 17.3 Å². The summed E-state index contributed by atoms with van der Waals surface area (Å²) in [7, 11) is 0. The van der Waals surface area contributed by atoms with E-state index in [2.05, 4.69) is 24.9 Å². The topological polar surface area (TPSA) is 52.8 Å². The summed E-state index contributed by atoms with van der Waals surface area (Å²) < 4.78 is 0. The van der Waals surface area contributed by atoms with Crippen molar-refractivity contribution in [3.63, 3.8) is 0 Å². The summed E-state index contributed by atoms with van der Waals surface area (Å²) in [6.07, 6.45) is 15.2. The minimum absolute atomic E-state index is 0.118. The molecule has 4 aliphatic carbocycles. The van der Waals surface area contributed by atoms with Crippen LogP contribution in [0.2, 0.25) is 0 Å². The minimum Gasteiger partial charge on any atom is -0.411 e. The number of hydrogen-bond acceptors (Lipinski definition) is 3. The molecule has 4 aliphatic rings. The monoisotopic (exact) mass is 329 g/mol. The highest BCUT2D eigenvalue weighted by atomic mass is 16.4. The van der Waals surface area contributed by atoms with Gasteiger partial charge in [0.25, 0.3) is 0 Å². The zero-order valence-electron chi connectivity index (χ0n) is 15.1. The maximum absolute atomic E-state index is 10.6. The Hall–Kier alpha value is -1.01. The predicted octanol–water partition coefficient (Wildman–Crippen LogP) is 4.22. The Bertz CT molecular complexity index is 607. The van der Waals surface area contributed by atoms with Crippen LogP contribution in [0.25, 0.3) is 0 Å². The lowest BCUT2D eigenvalue weighted by Gasteiger charge is -2.61. The maximum Gasteiger partial charge on any atom is 0.125 e. The molecule has 3 nitrogen and oxygen atoms in total. The molecule has 0 bridgehead atoms. The van der Waals surface area contributed by atoms with E-state index in [0.717, 1.165) is 49.7 Å². The molecule has 4 fully saturated rings. The number of terminal acetylenes is 1. The SMILES string of the molecule is C#CC1(O)CC[C@@]2(C)[C@@H](CC[C@@H]3[C@@H]2CC[C@]2(C)C(=NO)CC[C@@H]32)C1. The molecule has 0 saturated heterocycles. The van der Waals surface area contributed by atoms with Crippen LogP contribution in [0.4, 0.5) is 0 Å². The quantitative estimate of drug-likeness (QED) is 0.397. The van der Waals surface area contributed by atoms with Crippen LogP contribution in [-0.2, 0) is 0 Å². The fraction of sp³-hybridized carbons (Fsp3) is 0.857. The zero-order chi connectivity index (χ0) is 17.2. The first-order valence-electron chi connectivity index (χ1n) is 9.78. The summed E-state index contributed by atoms with van der Waals surface area (Å²) in [5.74, 6) is 5.40. The van der Waals surface area contributed by atoms with Crippen LogP contribution in [-0.4, -0.2) is 21.6 Å². The Morgan fingerprint density at radius 2 is 1.88 bits per heavy atom. The molecule has 3 heteroatoms. The molecule has 0 spiro atoms. The van der Waals surface area contributed by atoms with E-state index in [-0.39, 0.29) is 5.41 Å². The van der Waals surface area contributed by atoms with Crippen molar-refractivity contribution in [3.8, 4) is 12.3 Å². The van der Waals surface area contributed by atoms with Crippen molar-refractivity contribution < 1.29 is 10.3 Å². The molecule has 1 unspecified atom stereocenters. The molecule has 7 atom stereocenters. The molecule has 0 aromatic carbocycles. The largest absolute Gasteiger partial charge is 0.411 e. The van der Waals surface area contributed by atoms with Gasteiger partial charge in [-0.1, -0.05) is 24.9 Å². The molecule has 0 heterocycles. The van der Waals surface area contributed by atoms with E-state index in [1.165, 1.54) is 25.7 Å². The molecule has 2 N–H and O–H groups in total. The molecule has 0 aliphatic heterocycles. The molecule has 24 heavy (non-hydrogen) atoms. The van der Waals surface area contributed by atoms with Gasteiger partial charge in [0, 0.05) is 5.41 Å². The van der Waals surface area contributed by atoms with E-state index < -0.39 is 5.60 Å². The summed E-state index contributed by atoms with van der Waals surface area (Å²) in [5.41, 5.74) is 0.618. The Morgan fingerprint density at radius 3 is 2.58 bits per heavy atom. The van der Waals surface area contributed by atoms with Crippen LogP contribution in [0.5, 0.6) is 0 Å². The van der Waals surface area contributed by atoms with Gasteiger partial charge < -0.3 is 10.3 Å². The van der Waals surface area contributed by atoms with E-state index in [1.54, 1.807) is 0 Å². The average molecular weight is 329 g/mol. The van der Waals surface area contributed by atoms with Crippen LogP contribution >= 0.6 is 0 Å². The van der Waals surface area contributed by atoms with Crippen LogP contribution in [0.15, 0.2) is 5.16 Å². The molecular formula is C21H31NO2. The first-order chi connectivity index (χ1) is 11.4. The van der Waals surface area contributed by atoms with Crippen molar-refractivity contribution >= 4 is 5.71 Å². The van der Waals surface area contributed by atoms with E-state index >= 15 is 0 Å². The third kappa shape index (κ3) is 2.05. The van der Waals surface area contributed by atoms with Crippen molar-refractivity contribution in [3.05, 3.63) is 0 Å². The Morgan fingerprint density at radius 1 is 1.08 bits per heavy atom. The van der Waals surface area contributed by atoms with Gasteiger partial charge in [-0.15, -0.1) is 6.42 Å². The van der Waals surface area contributed by atoms with Crippen LogP contribution in [0, 0.1) is 46.8 Å². The lowest BCUT2D eigenvalue weighted by Crippen LogP contribution is -2.55. The van der Waals surface area contributed by atoms with Gasteiger partial charge in [-0.05, 0) is 86.9 Å². The second kappa shape index (κ2) is 5.24. The Labute approximate surface area is 145 Å². The number of hydrogen-bond donors (Lipinski definition) is 2. The van der Waals surface area contributed by atoms with Gasteiger partial charge in [0.05, 0.1) is 5.71 Å². The average Bonchev–Trinajstić information content (AvgIpc) is 2.92. The first kappa shape index (κ1) is 16.5. The Balaban J connectivity index is 1.62. The number of aliphatic hydroxyl groups is 1. The summed E-state index contributed by atoms with van der Waals surface area (Å²) in [6, 6.07) is 0. The van der Waals surface area contributed by atoms with Crippen LogP contribution in [0.1, 0.15) is 71.6 Å². The molecule has 0 aromatic heterocycles. The van der Waals surface area contributed by atoms with Gasteiger partial charge in [0.2, 0.25) is 0 Å². The van der Waals surface area contributed by atoms with Crippen molar-refractivity contribution in [2.45, 2.75) is 77.2 Å². The fourth-order valence-corrected chi connectivity index (χ4v) is 7.33. The highest BCUT2D eigenvalue weighted by Gasteiger charge is 2.60. The summed E-state index contributed by atoms with van der Waals surface area (Å²) in [4.78, 5) is 0. The van der Waals surface area contributed by atoms with E-state index in [1.807, 2.05) is 0 Å². The molecule has 4 rings (SSSR count). The van der Waals surface area contributed by atoms with E-state index in [4.69, 9.17) is 6.42 Å². The minimum atomic E-state index is -0.871. The molecule has 0 aromatic rings. The summed E-state index contributed by atoms with van der Waals surface area (Å²) in [6.45, 7) is 4.81. The van der Waals surface area contributed by atoms with Crippen molar-refractivity contribution in [1.82, 2.24) is 0 Å². The van der Waals surface area contributed by atoms with Gasteiger partial charge in [-0.2, -0.15) is 0 Å². The molecule has 132 valence electrons. The normalized spacial score (nSPS) is 55.3. The third-order valence-corrected chi connectivity index (χ3v) is 8.86. The van der Waals surface area contributed by atoms with Crippen molar-refractivity contribution in [2.24, 2.45) is 39.7 Å². The Kier molecular flexibility index (Phi) is 3.59. The number of rotatable bonds is 0. The van der Waals surface area contributed by atoms with Crippen molar-refractivity contribution in [1.29, 1.82) is 0 Å². The number of oxime groups is 1. The van der Waals surface area contributed by atoms with Gasteiger partial charge in [-0.3, -0.25) is 0 Å². The third-order valence-electron chi connectivity index (χ3n) is 8.86. The smallest absolute Gasteiger partial charge is 0.125 e. The molecule has 0 amide bonds. The molecule has 4 saturated carbocycles. The zero-order valence-corrected chi connectivity index (χ0v) is 15.1. The predicted molar refractivity (Wildman–Crippen MR) is 94.7 cm³/mol. The fourth-order valence-electron chi connectivity index (χ4n) is 7.33. The maximum atomic E-state index is 10.6. The lowest BCUT2D eigenvalue weighted by molar-refractivity contribution is -0.127. The second-order valence-corrected chi connectivity index (χ2v) is 9.58. The lowest BCUT2D eigenvalue weighted by atomic mass is 9.44. The number of nitrogens with zero attached hydrogens (tertiary/aromatic N) is 1. The van der Waals surface area contributed by atoms with Gasteiger partial charge in [0.15, 0.2) is 0 Å². The molecule has 0 radical (unpaired) electrons. The highest BCUT2D eigenvalue weighted by molar-refractivity contribution is 5.91. The van der Waals surface area contributed by atoms with Gasteiger partial charge in [0.1, 0.15) is 5.60 Å². The second-order valence-electron chi connectivity index (χ2n) is 9.58. The van der Waals surface area contributed by atoms with E-state index in [9.17, 15) is 10.3 Å². The van der Waals surface area contributed by atoms with Crippen LogP contribution in [0.3, 0.4) is 0 Å². The summed E-state index contributed by atoms with van der Waals surface area (Å²) in [5, 5.41) is 23.7. The first-order valence-corrected chi connectivity index (χ1v) is 9.78. The van der Waals surface area contributed by atoms with Gasteiger partial charge in [-0.25, -0.2) is 0 Å².